The van der Waals surface area contributed by atoms with Crippen molar-refractivity contribution in [3.8, 4) is 0 Å². The number of carbonyl (C=O) groups excluding carboxylic acids is 1. The second kappa shape index (κ2) is 7.52. The molecule has 3 aliphatic rings. The number of hydrogen-bond acceptors (Lipinski definition) is 3. The van der Waals surface area contributed by atoms with Gasteiger partial charge in [0.2, 0.25) is 5.91 Å². The smallest absolute Gasteiger partial charge is 0.251 e. The molecule has 1 aliphatic heterocycles. The van der Waals surface area contributed by atoms with Crippen LogP contribution in [0.15, 0.2) is 46.1 Å². The molecule has 1 aromatic carbocycles. The summed E-state index contributed by atoms with van der Waals surface area (Å²) in [4.78, 5) is 28.8. The van der Waals surface area contributed by atoms with Crippen LogP contribution < -0.4 is 10.9 Å². The van der Waals surface area contributed by atoms with Crippen LogP contribution in [0.25, 0.3) is 5.57 Å². The Morgan fingerprint density at radius 3 is 2.52 bits per heavy atom. The van der Waals surface area contributed by atoms with Crippen molar-refractivity contribution in [3.05, 3.63) is 69.1 Å². The largest absolute Gasteiger partial charge is 0.350 e. The van der Waals surface area contributed by atoms with Gasteiger partial charge < -0.3 is 10.3 Å². The van der Waals surface area contributed by atoms with Crippen LogP contribution in [0, 0.1) is 6.92 Å². The van der Waals surface area contributed by atoms with E-state index in [0.29, 0.717) is 12.3 Å². The number of benzene rings is 1. The van der Waals surface area contributed by atoms with E-state index < -0.39 is 0 Å². The SMILES string of the molecule is Cc1cc(C(=C[C@H]2CCC(=O)N2)c2ccc(C3CC3)c(=O)[nH]2)ccc1SC1CC1. The zero-order chi connectivity index (χ0) is 20.0. The lowest BCUT2D eigenvalue weighted by atomic mass is 9.97. The van der Waals surface area contributed by atoms with E-state index in [1.165, 1.54) is 23.3 Å². The maximum Gasteiger partial charge on any atom is 0.251 e. The Labute approximate surface area is 175 Å². The van der Waals surface area contributed by atoms with E-state index in [-0.39, 0.29) is 17.5 Å². The van der Waals surface area contributed by atoms with Gasteiger partial charge in [-0.25, -0.2) is 0 Å². The summed E-state index contributed by atoms with van der Waals surface area (Å²) in [6, 6.07) is 10.6. The van der Waals surface area contributed by atoms with E-state index in [0.717, 1.165) is 46.9 Å². The van der Waals surface area contributed by atoms with E-state index in [2.05, 4.69) is 41.5 Å². The lowest BCUT2D eigenvalue weighted by Crippen LogP contribution is -2.23. The highest BCUT2D eigenvalue weighted by molar-refractivity contribution is 8.00. The molecule has 0 spiro atoms. The van der Waals surface area contributed by atoms with Crippen molar-refractivity contribution in [3.63, 3.8) is 0 Å². The van der Waals surface area contributed by atoms with Crippen LogP contribution in [-0.2, 0) is 4.79 Å². The molecule has 2 aromatic rings. The van der Waals surface area contributed by atoms with Gasteiger partial charge in [-0.1, -0.05) is 24.3 Å². The van der Waals surface area contributed by atoms with Crippen molar-refractivity contribution < 1.29 is 4.79 Å². The van der Waals surface area contributed by atoms with E-state index in [1.807, 2.05) is 23.9 Å². The van der Waals surface area contributed by atoms with Gasteiger partial charge in [0.05, 0.1) is 0 Å². The number of thioether (sulfide) groups is 1. The minimum absolute atomic E-state index is 0.00457. The van der Waals surface area contributed by atoms with Crippen molar-refractivity contribution >= 4 is 23.2 Å². The summed E-state index contributed by atoms with van der Waals surface area (Å²) < 4.78 is 0. The normalized spacial score (nSPS) is 22.0. The maximum atomic E-state index is 12.6. The van der Waals surface area contributed by atoms with Crippen molar-refractivity contribution in [2.45, 2.75) is 67.6 Å². The number of aromatic amines is 1. The predicted octanol–water partition coefficient (Wildman–Crippen LogP) is 4.53. The molecular formula is C24H26N2O2S. The molecule has 5 rings (SSSR count). The van der Waals surface area contributed by atoms with E-state index >= 15 is 0 Å². The van der Waals surface area contributed by atoms with Gasteiger partial charge in [-0.05, 0) is 68.2 Å². The van der Waals surface area contributed by atoms with Crippen molar-refractivity contribution in [2.24, 2.45) is 0 Å². The highest BCUT2D eigenvalue weighted by Crippen LogP contribution is 2.41. The van der Waals surface area contributed by atoms with Crippen LogP contribution in [0.5, 0.6) is 0 Å². The Morgan fingerprint density at radius 1 is 1.07 bits per heavy atom. The third-order valence-corrected chi connectivity index (χ3v) is 7.46. The lowest BCUT2D eigenvalue weighted by molar-refractivity contribution is -0.119. The second-order valence-corrected chi connectivity index (χ2v) is 9.86. The van der Waals surface area contributed by atoms with Crippen molar-refractivity contribution in [2.75, 3.05) is 0 Å². The molecule has 2 heterocycles. The molecule has 29 heavy (non-hydrogen) atoms. The van der Waals surface area contributed by atoms with E-state index in [4.69, 9.17) is 0 Å². The number of aromatic nitrogens is 1. The monoisotopic (exact) mass is 406 g/mol. The zero-order valence-electron chi connectivity index (χ0n) is 16.7. The Morgan fingerprint density at radius 2 is 1.90 bits per heavy atom. The molecule has 0 bridgehead atoms. The molecular weight excluding hydrogens is 380 g/mol. The molecule has 1 saturated heterocycles. The van der Waals surface area contributed by atoms with Crippen molar-refractivity contribution in [1.82, 2.24) is 10.3 Å². The first-order valence-electron chi connectivity index (χ1n) is 10.6. The van der Waals surface area contributed by atoms with Gasteiger partial charge in [0.1, 0.15) is 0 Å². The number of aryl methyl sites for hydroxylation is 1. The first kappa shape index (κ1) is 18.7. The van der Waals surface area contributed by atoms with Crippen LogP contribution in [0.1, 0.15) is 66.8 Å². The highest BCUT2D eigenvalue weighted by atomic mass is 32.2. The van der Waals surface area contributed by atoms with Gasteiger partial charge in [0, 0.05) is 39.4 Å². The number of amides is 1. The van der Waals surface area contributed by atoms with Crippen LogP contribution in [0.4, 0.5) is 0 Å². The average Bonchev–Trinajstić information content (AvgIpc) is 3.62. The minimum Gasteiger partial charge on any atom is -0.350 e. The van der Waals surface area contributed by atoms with Crippen LogP contribution in [0.2, 0.25) is 0 Å². The minimum atomic E-state index is 0.00457. The first-order valence-corrected chi connectivity index (χ1v) is 11.5. The Bertz CT molecular complexity index is 1050. The molecule has 5 heteroatoms. The molecule has 2 aliphatic carbocycles. The van der Waals surface area contributed by atoms with Gasteiger partial charge in [-0.2, -0.15) is 0 Å². The number of H-pyrrole nitrogens is 1. The maximum absolute atomic E-state index is 12.6. The Kier molecular flexibility index (Phi) is 4.86. The summed E-state index contributed by atoms with van der Waals surface area (Å²) in [5, 5.41) is 3.80. The third-order valence-electron chi connectivity index (χ3n) is 5.95. The van der Waals surface area contributed by atoms with Gasteiger partial charge in [0.25, 0.3) is 5.56 Å². The molecule has 1 aromatic heterocycles. The molecule has 3 fully saturated rings. The second-order valence-electron chi connectivity index (χ2n) is 8.52. The summed E-state index contributed by atoms with van der Waals surface area (Å²) >= 11 is 1.97. The van der Waals surface area contributed by atoms with Crippen molar-refractivity contribution in [1.29, 1.82) is 0 Å². The highest BCUT2D eigenvalue weighted by Gasteiger charge is 2.27. The molecule has 0 radical (unpaired) electrons. The Hall–Kier alpha value is -2.27. The average molecular weight is 407 g/mol. The fraction of sp³-hybridized carbons (Fsp3) is 0.417. The number of hydrogen-bond donors (Lipinski definition) is 2. The lowest BCUT2D eigenvalue weighted by Gasteiger charge is -2.15. The molecule has 1 amide bonds. The summed E-state index contributed by atoms with van der Waals surface area (Å²) in [5.74, 6) is 0.519. The van der Waals surface area contributed by atoms with Crippen LogP contribution in [0.3, 0.4) is 0 Å². The third kappa shape index (κ3) is 4.20. The van der Waals surface area contributed by atoms with E-state index in [9.17, 15) is 9.59 Å². The quantitative estimate of drug-likeness (QED) is 0.741. The zero-order valence-corrected chi connectivity index (χ0v) is 17.5. The predicted molar refractivity (Wildman–Crippen MR) is 117 cm³/mol. The van der Waals surface area contributed by atoms with E-state index in [1.54, 1.807) is 0 Å². The fourth-order valence-electron chi connectivity index (χ4n) is 3.98. The topological polar surface area (TPSA) is 62.0 Å². The fourth-order valence-corrected chi connectivity index (χ4v) is 5.10. The molecule has 2 saturated carbocycles. The van der Waals surface area contributed by atoms with Gasteiger partial charge in [-0.15, -0.1) is 11.8 Å². The molecule has 0 unspecified atom stereocenters. The molecule has 4 nitrogen and oxygen atoms in total. The first-order chi connectivity index (χ1) is 14.1. The van der Waals surface area contributed by atoms with Gasteiger partial charge in [-0.3, -0.25) is 9.59 Å². The van der Waals surface area contributed by atoms with Crippen LogP contribution in [-0.4, -0.2) is 22.2 Å². The summed E-state index contributed by atoms with van der Waals surface area (Å²) in [6.45, 7) is 2.15. The van der Waals surface area contributed by atoms with Crippen LogP contribution >= 0.6 is 11.8 Å². The number of carbonyl (C=O) groups is 1. The van der Waals surface area contributed by atoms with Gasteiger partial charge in [0.15, 0.2) is 0 Å². The van der Waals surface area contributed by atoms with Gasteiger partial charge >= 0.3 is 0 Å². The summed E-state index contributed by atoms with van der Waals surface area (Å²) in [5.41, 5.74) is 5.07. The Balaban J connectivity index is 1.52. The number of nitrogens with one attached hydrogen (secondary N) is 2. The molecule has 2 N–H and O–H groups in total. The standard InChI is InChI=1S/C24H26N2O2S/c1-14-12-16(4-10-22(14)29-18-6-7-18)20(13-17-5-11-23(27)25-17)21-9-8-19(15-2-3-15)24(28)26-21/h4,8-10,12-13,15,17-18H,2-3,5-7,11H2,1H3,(H,25,27)(H,26,28)/t17-/m1/s1. The summed E-state index contributed by atoms with van der Waals surface area (Å²) in [7, 11) is 0. The molecule has 150 valence electrons. The number of pyridine rings is 1. The summed E-state index contributed by atoms with van der Waals surface area (Å²) in [6.07, 6.45) is 8.30. The number of rotatable bonds is 6. The molecule has 1 atom stereocenters.